The summed E-state index contributed by atoms with van der Waals surface area (Å²) < 4.78 is 0.996. The van der Waals surface area contributed by atoms with Crippen molar-refractivity contribution in [1.82, 2.24) is 5.32 Å². The van der Waals surface area contributed by atoms with Crippen molar-refractivity contribution in [2.75, 3.05) is 5.88 Å². The van der Waals surface area contributed by atoms with Gasteiger partial charge in [0.1, 0.15) is 0 Å². The second kappa shape index (κ2) is 6.05. The highest BCUT2D eigenvalue weighted by atomic mass is 127. The monoisotopic (exact) mass is 365 g/mol. The first kappa shape index (κ1) is 14.8. The van der Waals surface area contributed by atoms with Crippen molar-refractivity contribution in [2.24, 2.45) is 0 Å². The predicted molar refractivity (Wildman–Crippen MR) is 80.8 cm³/mol. The maximum absolute atomic E-state index is 12.2. The van der Waals surface area contributed by atoms with E-state index in [1.165, 1.54) is 0 Å². The molecule has 1 aromatic carbocycles. The molecule has 1 atom stereocenters. The number of halogens is 2. The van der Waals surface area contributed by atoms with Crippen molar-refractivity contribution < 1.29 is 4.79 Å². The summed E-state index contributed by atoms with van der Waals surface area (Å²) in [5.41, 5.74) is 1.49. The molecule has 2 nitrogen and oxygen atoms in total. The minimum absolute atomic E-state index is 0.0527. The van der Waals surface area contributed by atoms with E-state index in [1.807, 2.05) is 39.0 Å². The Labute approximate surface area is 121 Å². The van der Waals surface area contributed by atoms with Gasteiger partial charge in [-0.3, -0.25) is 4.79 Å². The second-order valence-corrected chi connectivity index (χ2v) is 5.78. The maximum atomic E-state index is 12.2. The van der Waals surface area contributed by atoms with E-state index in [0.717, 1.165) is 21.1 Å². The molecule has 0 aliphatic carbocycles. The minimum Gasteiger partial charge on any atom is -0.346 e. The average molecular weight is 366 g/mol. The fourth-order valence-electron chi connectivity index (χ4n) is 1.38. The van der Waals surface area contributed by atoms with Gasteiger partial charge >= 0.3 is 0 Å². The lowest BCUT2D eigenvalue weighted by Gasteiger charge is -2.27. The van der Waals surface area contributed by atoms with Crippen molar-refractivity contribution in [3.8, 4) is 0 Å². The van der Waals surface area contributed by atoms with Crippen LogP contribution in [-0.4, -0.2) is 17.3 Å². The van der Waals surface area contributed by atoms with E-state index in [1.54, 1.807) is 0 Å². The van der Waals surface area contributed by atoms with E-state index in [9.17, 15) is 4.79 Å². The quantitative estimate of drug-likeness (QED) is 0.639. The highest BCUT2D eigenvalue weighted by Crippen LogP contribution is 2.18. The van der Waals surface area contributed by atoms with Crippen LogP contribution in [0.15, 0.2) is 18.2 Å². The molecule has 1 amide bonds. The molecule has 0 saturated heterocycles. The third-order valence-electron chi connectivity index (χ3n) is 2.93. The number of alkyl halides is 1. The molecule has 0 spiro atoms. The van der Waals surface area contributed by atoms with Crippen molar-refractivity contribution in [3.63, 3.8) is 0 Å². The molecular weight excluding hydrogens is 349 g/mol. The van der Waals surface area contributed by atoms with Gasteiger partial charge in [0.2, 0.25) is 0 Å². The Kier molecular flexibility index (Phi) is 5.25. The van der Waals surface area contributed by atoms with Crippen molar-refractivity contribution in [2.45, 2.75) is 32.7 Å². The van der Waals surface area contributed by atoms with Crippen LogP contribution >= 0.6 is 34.2 Å². The van der Waals surface area contributed by atoms with E-state index in [2.05, 4.69) is 27.9 Å². The zero-order valence-electron chi connectivity index (χ0n) is 10.3. The van der Waals surface area contributed by atoms with Gasteiger partial charge < -0.3 is 5.32 Å². The molecule has 4 heteroatoms. The number of amides is 1. The number of hydrogen-bond acceptors (Lipinski definition) is 1. The van der Waals surface area contributed by atoms with Gasteiger partial charge in [-0.15, -0.1) is 11.6 Å². The molecule has 0 aliphatic heterocycles. The first-order chi connectivity index (χ1) is 7.93. The molecule has 94 valence electrons. The molecule has 0 aliphatic rings. The topological polar surface area (TPSA) is 29.1 Å². The summed E-state index contributed by atoms with van der Waals surface area (Å²) in [7, 11) is 0. The van der Waals surface area contributed by atoms with Gasteiger partial charge in [0.05, 0.1) is 11.1 Å². The van der Waals surface area contributed by atoms with Gasteiger partial charge in [0, 0.05) is 9.45 Å². The van der Waals surface area contributed by atoms with Crippen molar-refractivity contribution >= 4 is 40.1 Å². The molecule has 0 radical (unpaired) electrons. The van der Waals surface area contributed by atoms with E-state index < -0.39 is 0 Å². The number of nitrogens with one attached hydrogen (secondary N) is 1. The Balaban J connectivity index is 2.94. The Hall–Kier alpha value is -0.290. The molecule has 1 rings (SSSR count). The minimum atomic E-state index is -0.342. The molecule has 17 heavy (non-hydrogen) atoms. The van der Waals surface area contributed by atoms with Crippen LogP contribution in [0.5, 0.6) is 0 Å². The number of benzene rings is 1. The van der Waals surface area contributed by atoms with Gasteiger partial charge in [0.15, 0.2) is 0 Å². The van der Waals surface area contributed by atoms with Gasteiger partial charge in [-0.05, 0) is 54.5 Å². The summed E-state index contributed by atoms with van der Waals surface area (Å²) in [6, 6.07) is 5.74. The molecule has 1 N–H and O–H groups in total. The molecule has 0 heterocycles. The SMILES string of the molecule is CCC(C)(CCl)NC(=O)c1cccc(C)c1I. The average Bonchev–Trinajstić information content (AvgIpc) is 2.32. The van der Waals surface area contributed by atoms with E-state index in [0.29, 0.717) is 5.88 Å². The summed E-state index contributed by atoms with van der Waals surface area (Å²) in [6.45, 7) is 5.98. The highest BCUT2D eigenvalue weighted by Gasteiger charge is 2.24. The fourth-order valence-corrected chi connectivity index (χ4v) is 2.24. The van der Waals surface area contributed by atoms with Crippen molar-refractivity contribution in [1.29, 1.82) is 0 Å². The summed E-state index contributed by atoms with van der Waals surface area (Å²) in [5, 5.41) is 3.00. The number of carbonyl (C=O) groups is 1. The Morgan fingerprint density at radius 1 is 1.53 bits per heavy atom. The largest absolute Gasteiger partial charge is 0.346 e. The van der Waals surface area contributed by atoms with Crippen molar-refractivity contribution in [3.05, 3.63) is 32.9 Å². The smallest absolute Gasteiger partial charge is 0.252 e. The predicted octanol–water partition coefficient (Wildman–Crippen LogP) is 3.74. The van der Waals surface area contributed by atoms with Gasteiger partial charge in [0.25, 0.3) is 5.91 Å². The van der Waals surface area contributed by atoms with E-state index in [-0.39, 0.29) is 11.4 Å². The van der Waals surface area contributed by atoms with Crippen LogP contribution < -0.4 is 5.32 Å². The van der Waals surface area contributed by atoms with Crippen LogP contribution in [0.25, 0.3) is 0 Å². The molecule has 0 saturated carbocycles. The number of aryl methyl sites for hydroxylation is 1. The highest BCUT2D eigenvalue weighted by molar-refractivity contribution is 14.1. The number of rotatable bonds is 4. The van der Waals surface area contributed by atoms with Gasteiger partial charge in [-0.25, -0.2) is 0 Å². The summed E-state index contributed by atoms with van der Waals surface area (Å²) in [5.74, 6) is 0.362. The Morgan fingerprint density at radius 2 is 2.18 bits per heavy atom. The van der Waals surface area contributed by atoms with Crippen LogP contribution in [0, 0.1) is 10.5 Å². The van der Waals surface area contributed by atoms with E-state index in [4.69, 9.17) is 11.6 Å². The summed E-state index contributed by atoms with van der Waals surface area (Å²) in [4.78, 5) is 12.2. The standard InChI is InChI=1S/C13H17ClINO/c1-4-13(3,8-14)16-12(17)10-7-5-6-9(2)11(10)15/h5-7H,4,8H2,1-3H3,(H,16,17). The Morgan fingerprint density at radius 3 is 2.71 bits per heavy atom. The third-order valence-corrected chi connectivity index (χ3v) is 4.95. The van der Waals surface area contributed by atoms with Crippen LogP contribution in [-0.2, 0) is 0 Å². The Bertz CT molecular complexity index is 416. The normalized spacial score (nSPS) is 14.2. The first-order valence-corrected chi connectivity index (χ1v) is 7.18. The van der Waals surface area contributed by atoms with Crippen LogP contribution in [0.2, 0.25) is 0 Å². The lowest BCUT2D eigenvalue weighted by Crippen LogP contribution is -2.47. The fraction of sp³-hybridized carbons (Fsp3) is 0.462. The number of hydrogen-bond donors (Lipinski definition) is 1. The zero-order valence-corrected chi connectivity index (χ0v) is 13.2. The maximum Gasteiger partial charge on any atom is 0.252 e. The number of carbonyl (C=O) groups excluding carboxylic acids is 1. The molecule has 0 fully saturated rings. The lowest BCUT2D eigenvalue weighted by atomic mass is 10.0. The molecular formula is C13H17ClINO. The molecule has 1 unspecified atom stereocenters. The van der Waals surface area contributed by atoms with Crippen LogP contribution in [0.3, 0.4) is 0 Å². The molecule has 0 aromatic heterocycles. The zero-order chi connectivity index (χ0) is 13.1. The first-order valence-electron chi connectivity index (χ1n) is 5.57. The van der Waals surface area contributed by atoms with Crippen LogP contribution in [0.1, 0.15) is 36.2 Å². The summed E-state index contributed by atoms with van der Waals surface area (Å²) >= 11 is 8.10. The van der Waals surface area contributed by atoms with Gasteiger partial charge in [-0.2, -0.15) is 0 Å². The third kappa shape index (κ3) is 3.58. The summed E-state index contributed by atoms with van der Waals surface area (Å²) in [6.07, 6.45) is 0.810. The van der Waals surface area contributed by atoms with Gasteiger partial charge in [-0.1, -0.05) is 19.1 Å². The lowest BCUT2D eigenvalue weighted by molar-refractivity contribution is 0.0911. The molecule has 1 aromatic rings. The van der Waals surface area contributed by atoms with Crippen LogP contribution in [0.4, 0.5) is 0 Å². The van der Waals surface area contributed by atoms with E-state index >= 15 is 0 Å². The molecule has 0 bridgehead atoms. The second-order valence-electron chi connectivity index (χ2n) is 4.44.